The summed E-state index contributed by atoms with van der Waals surface area (Å²) in [6.07, 6.45) is 1.53. The number of hydrogen-bond donors (Lipinski definition) is 3. The van der Waals surface area contributed by atoms with E-state index >= 15 is 0 Å². The number of hydrazine groups is 1. The van der Waals surface area contributed by atoms with E-state index in [2.05, 4.69) is 25.9 Å². The van der Waals surface area contributed by atoms with Gasteiger partial charge in [-0.05, 0) is 24.3 Å². The highest BCUT2D eigenvalue weighted by atomic mass is 16.1. The molecule has 2 heterocycles. The van der Waals surface area contributed by atoms with Crippen LogP contribution in [0.1, 0.15) is 10.5 Å². The summed E-state index contributed by atoms with van der Waals surface area (Å²) in [4.78, 5) is 16.5. The Labute approximate surface area is 120 Å². The van der Waals surface area contributed by atoms with E-state index in [1.54, 1.807) is 18.2 Å². The van der Waals surface area contributed by atoms with E-state index in [9.17, 15) is 4.79 Å². The van der Waals surface area contributed by atoms with Crippen molar-refractivity contribution in [3.63, 3.8) is 0 Å². The number of nitrogens with two attached hydrogens (primary N) is 1. The Morgan fingerprint density at radius 2 is 2.00 bits per heavy atom. The smallest absolute Gasteiger partial charge is 0.275 e. The average molecular weight is 280 g/mol. The Morgan fingerprint density at radius 1 is 1.14 bits per heavy atom. The van der Waals surface area contributed by atoms with Gasteiger partial charge >= 0.3 is 0 Å². The topological polar surface area (TPSA) is 106 Å². The number of pyridine rings is 1. The van der Waals surface area contributed by atoms with Gasteiger partial charge < -0.3 is 10.7 Å². The van der Waals surface area contributed by atoms with Crippen LogP contribution in [-0.2, 0) is 0 Å². The lowest BCUT2D eigenvalue weighted by atomic mass is 10.1. The first-order chi connectivity index (χ1) is 10.3. The maximum absolute atomic E-state index is 12.2. The summed E-state index contributed by atoms with van der Waals surface area (Å²) in [5, 5.41) is 11.0. The monoisotopic (exact) mass is 280 g/mol. The third kappa shape index (κ3) is 2.63. The number of nitrogens with zero attached hydrogens (tertiary/aromatic N) is 3. The molecule has 7 heteroatoms. The number of carbonyl (C=O) groups is 1. The Hall–Kier alpha value is -3.06. The highest BCUT2D eigenvalue weighted by Crippen LogP contribution is 2.22. The molecule has 0 aliphatic heterocycles. The summed E-state index contributed by atoms with van der Waals surface area (Å²) in [5.41, 5.74) is 4.13. The van der Waals surface area contributed by atoms with Gasteiger partial charge in [0.2, 0.25) is 0 Å². The van der Waals surface area contributed by atoms with Gasteiger partial charge in [0.05, 0.1) is 11.2 Å². The van der Waals surface area contributed by atoms with E-state index in [0.29, 0.717) is 17.0 Å². The van der Waals surface area contributed by atoms with Gasteiger partial charge in [-0.2, -0.15) is 5.10 Å². The molecular weight excluding hydrogens is 268 g/mol. The summed E-state index contributed by atoms with van der Waals surface area (Å²) in [6.45, 7) is 0. The molecule has 4 N–H and O–H groups in total. The first-order valence-corrected chi connectivity index (χ1v) is 6.23. The molecule has 7 nitrogen and oxygen atoms in total. The van der Waals surface area contributed by atoms with Gasteiger partial charge in [0.1, 0.15) is 5.69 Å². The van der Waals surface area contributed by atoms with E-state index in [4.69, 9.17) is 5.84 Å². The molecule has 3 rings (SSSR count). The van der Waals surface area contributed by atoms with Crippen LogP contribution in [0.4, 0.5) is 11.5 Å². The Morgan fingerprint density at radius 3 is 2.76 bits per heavy atom. The predicted molar refractivity (Wildman–Crippen MR) is 79.5 cm³/mol. The first kappa shape index (κ1) is 12.9. The molecule has 2 aromatic heterocycles. The number of aromatic nitrogens is 3. The summed E-state index contributed by atoms with van der Waals surface area (Å²) >= 11 is 0. The summed E-state index contributed by atoms with van der Waals surface area (Å²) in [6, 6.07) is 12.3. The maximum atomic E-state index is 12.2. The third-order valence-electron chi connectivity index (χ3n) is 2.92. The lowest BCUT2D eigenvalue weighted by Gasteiger charge is -2.08. The number of nitrogen functional groups attached to an aromatic ring is 1. The van der Waals surface area contributed by atoms with Crippen molar-refractivity contribution in [2.24, 2.45) is 5.84 Å². The van der Waals surface area contributed by atoms with E-state index in [1.807, 2.05) is 24.3 Å². The minimum atomic E-state index is -0.377. The molecule has 3 aromatic rings. The highest BCUT2D eigenvalue weighted by Gasteiger charge is 2.12. The van der Waals surface area contributed by atoms with Gasteiger partial charge in [-0.1, -0.05) is 18.2 Å². The van der Waals surface area contributed by atoms with Crippen LogP contribution in [0.2, 0.25) is 0 Å². The van der Waals surface area contributed by atoms with E-state index < -0.39 is 0 Å². The molecule has 0 spiro atoms. The third-order valence-corrected chi connectivity index (χ3v) is 2.92. The number of fused-ring (bicyclic) bond motifs is 1. The van der Waals surface area contributed by atoms with Crippen molar-refractivity contribution in [3.8, 4) is 0 Å². The molecule has 0 fully saturated rings. The van der Waals surface area contributed by atoms with Crippen LogP contribution in [0.3, 0.4) is 0 Å². The molecule has 1 amide bonds. The molecule has 104 valence electrons. The number of benzene rings is 1. The second-order valence-electron chi connectivity index (χ2n) is 4.28. The van der Waals surface area contributed by atoms with Crippen LogP contribution in [0.25, 0.3) is 10.9 Å². The van der Waals surface area contributed by atoms with Crippen molar-refractivity contribution in [3.05, 3.63) is 54.4 Å². The number of nitrogens with one attached hydrogen (secondary N) is 2. The van der Waals surface area contributed by atoms with Crippen molar-refractivity contribution in [2.75, 3.05) is 10.7 Å². The molecule has 0 bridgehead atoms. The SMILES string of the molecule is NNc1cc(C(=O)Nc2cccnn2)nc2ccccc12. The normalized spacial score (nSPS) is 10.3. The molecule has 0 atom stereocenters. The Kier molecular flexibility index (Phi) is 3.40. The lowest BCUT2D eigenvalue weighted by molar-refractivity contribution is 0.102. The zero-order chi connectivity index (χ0) is 14.7. The summed E-state index contributed by atoms with van der Waals surface area (Å²) in [5.74, 6) is 5.49. The quantitative estimate of drug-likeness (QED) is 0.496. The van der Waals surface area contributed by atoms with E-state index in [1.165, 1.54) is 6.20 Å². The van der Waals surface area contributed by atoms with E-state index in [-0.39, 0.29) is 11.6 Å². The van der Waals surface area contributed by atoms with Crippen molar-refractivity contribution in [1.82, 2.24) is 15.2 Å². The molecule has 0 saturated carbocycles. The standard InChI is InChI=1S/C14H12N6O/c15-19-11-8-12(17-10-5-2-1-4-9(10)11)14(21)18-13-6-3-7-16-20-13/h1-8H,15H2,(H,17,19)(H,18,20,21). The summed E-state index contributed by atoms with van der Waals surface area (Å²) in [7, 11) is 0. The van der Waals surface area contributed by atoms with Crippen LogP contribution in [0.5, 0.6) is 0 Å². The zero-order valence-corrected chi connectivity index (χ0v) is 10.9. The molecule has 0 radical (unpaired) electrons. The molecule has 0 unspecified atom stereocenters. The largest absolute Gasteiger partial charge is 0.323 e. The fourth-order valence-electron chi connectivity index (χ4n) is 1.96. The molecule has 21 heavy (non-hydrogen) atoms. The second-order valence-corrected chi connectivity index (χ2v) is 4.28. The average Bonchev–Trinajstić information content (AvgIpc) is 2.54. The predicted octanol–water partition coefficient (Wildman–Crippen LogP) is 1.56. The highest BCUT2D eigenvalue weighted by molar-refractivity contribution is 6.05. The van der Waals surface area contributed by atoms with Crippen molar-refractivity contribution in [2.45, 2.75) is 0 Å². The van der Waals surface area contributed by atoms with E-state index in [0.717, 1.165) is 5.39 Å². The number of anilines is 2. The van der Waals surface area contributed by atoms with Gasteiger partial charge in [0.15, 0.2) is 5.82 Å². The van der Waals surface area contributed by atoms with Crippen LogP contribution in [-0.4, -0.2) is 21.1 Å². The Balaban J connectivity index is 1.98. The van der Waals surface area contributed by atoms with Crippen LogP contribution >= 0.6 is 0 Å². The number of para-hydroxylation sites is 1. The van der Waals surface area contributed by atoms with Gasteiger partial charge in [-0.25, -0.2) is 4.98 Å². The molecule has 0 aliphatic carbocycles. The zero-order valence-electron chi connectivity index (χ0n) is 10.9. The van der Waals surface area contributed by atoms with Gasteiger partial charge in [0.25, 0.3) is 5.91 Å². The molecule has 1 aromatic carbocycles. The molecule has 0 aliphatic rings. The van der Waals surface area contributed by atoms with Crippen LogP contribution < -0.4 is 16.6 Å². The Bertz CT molecular complexity index is 790. The number of hydrogen-bond acceptors (Lipinski definition) is 6. The van der Waals surface area contributed by atoms with Gasteiger partial charge in [-0.15, -0.1) is 5.10 Å². The van der Waals surface area contributed by atoms with Crippen molar-refractivity contribution in [1.29, 1.82) is 0 Å². The van der Waals surface area contributed by atoms with Gasteiger partial charge in [0, 0.05) is 11.6 Å². The molecular formula is C14H12N6O. The minimum Gasteiger partial charge on any atom is -0.323 e. The number of rotatable bonds is 3. The fraction of sp³-hybridized carbons (Fsp3) is 0. The first-order valence-electron chi connectivity index (χ1n) is 6.23. The minimum absolute atomic E-state index is 0.243. The maximum Gasteiger partial charge on any atom is 0.275 e. The second kappa shape index (κ2) is 5.51. The lowest BCUT2D eigenvalue weighted by Crippen LogP contribution is -2.16. The fourth-order valence-corrected chi connectivity index (χ4v) is 1.96. The van der Waals surface area contributed by atoms with Crippen molar-refractivity contribution >= 4 is 28.3 Å². The summed E-state index contributed by atoms with van der Waals surface area (Å²) < 4.78 is 0. The van der Waals surface area contributed by atoms with Crippen molar-refractivity contribution < 1.29 is 4.79 Å². The number of amides is 1. The van der Waals surface area contributed by atoms with Gasteiger partial charge in [-0.3, -0.25) is 10.6 Å². The molecule has 0 saturated heterocycles. The number of carbonyl (C=O) groups excluding carboxylic acids is 1. The van der Waals surface area contributed by atoms with Crippen LogP contribution in [0.15, 0.2) is 48.7 Å². The van der Waals surface area contributed by atoms with Crippen LogP contribution in [0, 0.1) is 0 Å².